The number of hydrogen-bond acceptors (Lipinski definition) is 4. The van der Waals surface area contributed by atoms with Gasteiger partial charge in [0.15, 0.2) is 0 Å². The Kier molecular flexibility index (Phi) is 6.17. The van der Waals surface area contributed by atoms with Crippen molar-refractivity contribution in [2.45, 2.75) is 25.1 Å². The molecule has 0 saturated carbocycles. The number of carbonyl (C=O) groups excluding carboxylic acids is 1. The van der Waals surface area contributed by atoms with Crippen LogP contribution in [0.25, 0.3) is 0 Å². The number of aryl methyl sites for hydroxylation is 2. The van der Waals surface area contributed by atoms with Gasteiger partial charge in [-0.25, -0.2) is 4.79 Å². The number of nitrogens with one attached hydrogen (secondary N) is 1. The van der Waals surface area contributed by atoms with Crippen molar-refractivity contribution < 1.29 is 14.7 Å². The fraction of sp³-hybridized carbons (Fsp3) is 0.545. The van der Waals surface area contributed by atoms with Gasteiger partial charge in [0.2, 0.25) is 6.41 Å². The molecular weight excluding hydrogens is 290 g/mol. The van der Waals surface area contributed by atoms with Gasteiger partial charge in [0.05, 0.1) is 5.69 Å². The van der Waals surface area contributed by atoms with Crippen molar-refractivity contribution in [2.75, 3.05) is 5.75 Å². The van der Waals surface area contributed by atoms with Crippen molar-refractivity contribution in [1.29, 1.82) is 0 Å². The van der Waals surface area contributed by atoms with Crippen molar-refractivity contribution in [3.8, 4) is 0 Å². The zero-order chi connectivity index (χ0) is 14.4. The van der Waals surface area contributed by atoms with Gasteiger partial charge in [0.1, 0.15) is 11.2 Å². The summed E-state index contributed by atoms with van der Waals surface area (Å²) < 4.78 is 1.61. The lowest BCUT2D eigenvalue weighted by Gasteiger charge is -2.10. The number of thioether (sulfide) groups is 1. The molecule has 1 amide bonds. The highest BCUT2D eigenvalue weighted by molar-refractivity contribution is 7.98. The highest BCUT2D eigenvalue weighted by Gasteiger charge is 2.16. The maximum atomic E-state index is 10.8. The maximum absolute atomic E-state index is 10.8. The molecule has 0 bridgehead atoms. The second-order valence-corrected chi connectivity index (χ2v) is 5.46. The molecule has 1 heterocycles. The lowest BCUT2D eigenvalue weighted by Crippen LogP contribution is -2.36. The fourth-order valence-electron chi connectivity index (χ4n) is 1.57. The molecule has 0 saturated heterocycles. The highest BCUT2D eigenvalue weighted by Crippen LogP contribution is 2.24. The molecule has 8 heteroatoms. The van der Waals surface area contributed by atoms with Crippen LogP contribution in [-0.2, 0) is 22.4 Å². The Hall–Kier alpha value is -1.21. The van der Waals surface area contributed by atoms with Gasteiger partial charge in [0.25, 0.3) is 0 Å². The largest absolute Gasteiger partial charge is 0.480 e. The summed E-state index contributed by atoms with van der Waals surface area (Å²) in [6.07, 6.45) is 0.779. The molecule has 0 aliphatic carbocycles. The predicted octanol–water partition coefficient (Wildman–Crippen LogP) is 1.20. The number of amides is 1. The lowest BCUT2D eigenvalue weighted by atomic mass is 10.2. The van der Waals surface area contributed by atoms with Gasteiger partial charge in [-0.2, -0.15) is 16.9 Å². The minimum atomic E-state index is -1.02. The molecule has 1 aromatic heterocycles. The van der Waals surface area contributed by atoms with Crippen molar-refractivity contribution in [2.24, 2.45) is 7.05 Å². The molecule has 6 nitrogen and oxygen atoms in total. The van der Waals surface area contributed by atoms with E-state index in [1.165, 1.54) is 0 Å². The van der Waals surface area contributed by atoms with E-state index < -0.39 is 12.0 Å². The number of rotatable bonds is 8. The first kappa shape index (κ1) is 15.8. The van der Waals surface area contributed by atoms with E-state index in [9.17, 15) is 9.59 Å². The average molecular weight is 306 g/mol. The second-order valence-electron chi connectivity index (χ2n) is 3.99. The minimum Gasteiger partial charge on any atom is -0.480 e. The Bertz CT molecular complexity index is 464. The molecule has 1 unspecified atom stereocenters. The standard InChI is InChI=1S/C11H16ClN3O3S/c1-7-8(10(12)15(2)14-7)5-19-4-3-9(11(17)18)13-6-16/h6,9H,3-5H2,1-2H3,(H,13,16)(H,17,18). The van der Waals surface area contributed by atoms with Gasteiger partial charge >= 0.3 is 5.97 Å². The zero-order valence-corrected chi connectivity index (χ0v) is 12.3. The van der Waals surface area contributed by atoms with Crippen molar-refractivity contribution in [1.82, 2.24) is 15.1 Å². The van der Waals surface area contributed by atoms with Crippen LogP contribution in [0.3, 0.4) is 0 Å². The first-order valence-corrected chi connectivity index (χ1v) is 7.18. The van der Waals surface area contributed by atoms with Crippen LogP contribution in [-0.4, -0.2) is 39.1 Å². The van der Waals surface area contributed by atoms with Crippen LogP contribution < -0.4 is 5.32 Å². The Balaban J connectivity index is 2.42. The summed E-state index contributed by atoms with van der Waals surface area (Å²) in [5.74, 6) is 0.261. The summed E-state index contributed by atoms with van der Waals surface area (Å²) >= 11 is 7.65. The molecule has 0 aliphatic rings. The lowest BCUT2D eigenvalue weighted by molar-refractivity contribution is -0.140. The van der Waals surface area contributed by atoms with E-state index in [1.807, 2.05) is 6.92 Å². The summed E-state index contributed by atoms with van der Waals surface area (Å²) in [5, 5.41) is 15.9. The van der Waals surface area contributed by atoms with E-state index in [4.69, 9.17) is 16.7 Å². The summed E-state index contributed by atoms with van der Waals surface area (Å²) in [6, 6.07) is -0.838. The molecule has 2 N–H and O–H groups in total. The molecule has 1 rings (SSSR count). The SMILES string of the molecule is Cc1nn(C)c(Cl)c1CSCCC(NC=O)C(=O)O. The van der Waals surface area contributed by atoms with E-state index in [0.29, 0.717) is 29.5 Å². The molecule has 1 aromatic rings. The maximum Gasteiger partial charge on any atom is 0.326 e. The third-order valence-electron chi connectivity index (χ3n) is 2.63. The molecule has 0 fully saturated rings. The average Bonchev–Trinajstić information content (AvgIpc) is 2.58. The first-order chi connectivity index (χ1) is 8.97. The molecule has 19 heavy (non-hydrogen) atoms. The third kappa shape index (κ3) is 4.43. The molecular formula is C11H16ClN3O3S. The molecule has 0 spiro atoms. The first-order valence-electron chi connectivity index (χ1n) is 5.65. The van der Waals surface area contributed by atoms with Crippen LogP contribution in [0.5, 0.6) is 0 Å². The third-order valence-corrected chi connectivity index (χ3v) is 4.12. The van der Waals surface area contributed by atoms with E-state index in [1.54, 1.807) is 23.5 Å². The summed E-state index contributed by atoms with van der Waals surface area (Å²) in [7, 11) is 1.78. The normalized spacial score (nSPS) is 12.2. The summed E-state index contributed by atoms with van der Waals surface area (Å²) in [5.41, 5.74) is 1.84. The van der Waals surface area contributed by atoms with E-state index in [2.05, 4.69) is 10.4 Å². The van der Waals surface area contributed by atoms with Gasteiger partial charge in [-0.1, -0.05) is 11.6 Å². The number of aromatic nitrogens is 2. The predicted molar refractivity (Wildman–Crippen MR) is 74.4 cm³/mol. The van der Waals surface area contributed by atoms with E-state index in [-0.39, 0.29) is 0 Å². The molecule has 1 atom stereocenters. The van der Waals surface area contributed by atoms with Gasteiger partial charge in [-0.3, -0.25) is 9.48 Å². The smallest absolute Gasteiger partial charge is 0.326 e. The fourth-order valence-corrected chi connectivity index (χ4v) is 2.99. The Morgan fingerprint density at radius 3 is 2.84 bits per heavy atom. The second kappa shape index (κ2) is 7.40. The van der Waals surface area contributed by atoms with Crippen molar-refractivity contribution in [3.63, 3.8) is 0 Å². The van der Waals surface area contributed by atoms with Crippen LogP contribution in [0.15, 0.2) is 0 Å². The molecule has 0 radical (unpaired) electrons. The van der Waals surface area contributed by atoms with Gasteiger partial charge < -0.3 is 10.4 Å². The molecule has 0 aromatic carbocycles. The van der Waals surface area contributed by atoms with E-state index in [0.717, 1.165) is 11.3 Å². The van der Waals surface area contributed by atoms with E-state index >= 15 is 0 Å². The number of nitrogens with zero attached hydrogens (tertiary/aromatic N) is 2. The number of carbonyl (C=O) groups is 2. The van der Waals surface area contributed by atoms with Crippen LogP contribution >= 0.6 is 23.4 Å². The van der Waals surface area contributed by atoms with Crippen LogP contribution in [0.1, 0.15) is 17.7 Å². The van der Waals surface area contributed by atoms with Gasteiger partial charge in [-0.15, -0.1) is 0 Å². The summed E-state index contributed by atoms with van der Waals surface area (Å²) in [4.78, 5) is 21.1. The van der Waals surface area contributed by atoms with Crippen molar-refractivity contribution >= 4 is 35.7 Å². The number of hydrogen-bond donors (Lipinski definition) is 2. The zero-order valence-electron chi connectivity index (χ0n) is 10.7. The summed E-state index contributed by atoms with van der Waals surface area (Å²) in [6.45, 7) is 1.88. The highest BCUT2D eigenvalue weighted by atomic mass is 35.5. The minimum absolute atomic E-state index is 0.371. The Labute approximate surface area is 120 Å². The van der Waals surface area contributed by atoms with Crippen LogP contribution in [0.4, 0.5) is 0 Å². The van der Waals surface area contributed by atoms with Gasteiger partial charge in [-0.05, 0) is 19.1 Å². The Morgan fingerprint density at radius 2 is 2.37 bits per heavy atom. The van der Waals surface area contributed by atoms with Gasteiger partial charge in [0, 0.05) is 18.4 Å². The topological polar surface area (TPSA) is 84.2 Å². The monoisotopic (exact) mass is 305 g/mol. The molecule has 106 valence electrons. The number of aliphatic carboxylic acids is 1. The number of carboxylic acids is 1. The molecule has 0 aliphatic heterocycles. The quantitative estimate of drug-likeness (QED) is 0.557. The number of carboxylic acid groups (broad SMARTS) is 1. The van der Waals surface area contributed by atoms with Crippen LogP contribution in [0, 0.1) is 6.92 Å². The van der Waals surface area contributed by atoms with Crippen LogP contribution in [0.2, 0.25) is 5.15 Å². The number of halogens is 1. The van der Waals surface area contributed by atoms with Crippen molar-refractivity contribution in [3.05, 3.63) is 16.4 Å². The Morgan fingerprint density at radius 1 is 1.68 bits per heavy atom.